The molecule has 1 N–H and O–H groups in total. The third-order valence-electron chi connectivity index (χ3n) is 3.18. The highest BCUT2D eigenvalue weighted by Crippen LogP contribution is 2.29. The smallest absolute Gasteiger partial charge is 0.328 e. The van der Waals surface area contributed by atoms with Crippen molar-refractivity contribution in [2.45, 2.75) is 19.4 Å². The highest BCUT2D eigenvalue weighted by molar-refractivity contribution is 9.10. The summed E-state index contributed by atoms with van der Waals surface area (Å²) in [6.45, 7) is 4.71. The SMILES string of the molecule is CC1CN(c2ccc(/C=C/C(=O)O)cc2Br)CCCO1. The van der Waals surface area contributed by atoms with Gasteiger partial charge in [0.1, 0.15) is 0 Å². The van der Waals surface area contributed by atoms with Crippen molar-refractivity contribution in [2.24, 2.45) is 0 Å². The van der Waals surface area contributed by atoms with E-state index in [4.69, 9.17) is 9.84 Å². The highest BCUT2D eigenvalue weighted by atomic mass is 79.9. The Labute approximate surface area is 127 Å². The van der Waals surface area contributed by atoms with Crippen LogP contribution in [0.5, 0.6) is 0 Å². The van der Waals surface area contributed by atoms with Gasteiger partial charge in [0, 0.05) is 30.2 Å². The van der Waals surface area contributed by atoms with Crippen molar-refractivity contribution in [1.82, 2.24) is 0 Å². The number of benzene rings is 1. The molecular weight excluding hydrogens is 322 g/mol. The van der Waals surface area contributed by atoms with E-state index < -0.39 is 5.97 Å². The van der Waals surface area contributed by atoms with Crippen LogP contribution in [0.25, 0.3) is 6.08 Å². The minimum absolute atomic E-state index is 0.219. The Bertz CT molecular complexity index is 516. The minimum Gasteiger partial charge on any atom is -0.478 e. The fraction of sp³-hybridized carbons (Fsp3) is 0.400. The molecule has 1 aromatic rings. The monoisotopic (exact) mass is 339 g/mol. The predicted molar refractivity (Wildman–Crippen MR) is 83.1 cm³/mol. The van der Waals surface area contributed by atoms with Gasteiger partial charge in [-0.1, -0.05) is 6.07 Å². The summed E-state index contributed by atoms with van der Waals surface area (Å²) in [6, 6.07) is 5.88. The van der Waals surface area contributed by atoms with Crippen LogP contribution >= 0.6 is 15.9 Å². The summed E-state index contributed by atoms with van der Waals surface area (Å²) in [4.78, 5) is 12.8. The van der Waals surface area contributed by atoms with Gasteiger partial charge in [-0.25, -0.2) is 4.79 Å². The van der Waals surface area contributed by atoms with Crippen molar-refractivity contribution >= 4 is 33.7 Å². The van der Waals surface area contributed by atoms with Crippen LogP contribution < -0.4 is 4.90 Å². The lowest BCUT2D eigenvalue weighted by Gasteiger charge is -2.25. The Morgan fingerprint density at radius 1 is 1.55 bits per heavy atom. The number of nitrogens with zero attached hydrogens (tertiary/aromatic N) is 1. The lowest BCUT2D eigenvalue weighted by atomic mass is 10.1. The first-order valence-corrected chi connectivity index (χ1v) is 7.42. The summed E-state index contributed by atoms with van der Waals surface area (Å²) in [7, 11) is 0. The summed E-state index contributed by atoms with van der Waals surface area (Å²) in [6.07, 6.45) is 3.96. The van der Waals surface area contributed by atoms with Crippen LogP contribution in [-0.4, -0.2) is 36.9 Å². The summed E-state index contributed by atoms with van der Waals surface area (Å²) >= 11 is 3.57. The number of rotatable bonds is 3. The molecule has 1 aliphatic heterocycles. The standard InChI is InChI=1S/C15H18BrNO3/c1-11-10-17(7-2-8-20-11)14-5-3-12(9-13(14)16)4-6-15(18)19/h3-6,9,11H,2,7-8,10H2,1H3,(H,18,19)/b6-4+. The first-order chi connectivity index (χ1) is 9.56. The molecule has 0 aromatic heterocycles. The summed E-state index contributed by atoms with van der Waals surface area (Å²) in [5.74, 6) is -0.941. The molecule has 0 spiro atoms. The summed E-state index contributed by atoms with van der Waals surface area (Å²) in [5.41, 5.74) is 1.98. The molecule has 108 valence electrons. The molecule has 1 fully saturated rings. The Kier molecular flexibility index (Phi) is 5.20. The van der Waals surface area contributed by atoms with Gasteiger partial charge in [-0.05, 0) is 53.0 Å². The van der Waals surface area contributed by atoms with Crippen LogP contribution in [0.1, 0.15) is 18.9 Å². The number of ether oxygens (including phenoxy) is 1. The molecule has 1 atom stereocenters. The van der Waals surface area contributed by atoms with Crippen molar-refractivity contribution < 1.29 is 14.6 Å². The molecule has 20 heavy (non-hydrogen) atoms. The molecule has 1 aromatic carbocycles. The lowest BCUT2D eigenvalue weighted by Crippen LogP contribution is -2.30. The number of aliphatic carboxylic acids is 1. The second kappa shape index (κ2) is 6.90. The van der Waals surface area contributed by atoms with Crippen LogP contribution in [0, 0.1) is 0 Å². The molecule has 0 aliphatic carbocycles. The van der Waals surface area contributed by atoms with Gasteiger partial charge in [0.05, 0.1) is 11.8 Å². The highest BCUT2D eigenvalue weighted by Gasteiger charge is 2.17. The molecule has 1 aliphatic rings. The largest absolute Gasteiger partial charge is 0.478 e. The maximum absolute atomic E-state index is 10.5. The molecule has 1 heterocycles. The number of carboxylic acid groups (broad SMARTS) is 1. The van der Waals surface area contributed by atoms with E-state index in [-0.39, 0.29) is 6.10 Å². The zero-order valence-corrected chi connectivity index (χ0v) is 13.0. The number of halogens is 1. The van der Waals surface area contributed by atoms with E-state index >= 15 is 0 Å². The maximum atomic E-state index is 10.5. The first-order valence-electron chi connectivity index (χ1n) is 6.63. The first kappa shape index (κ1) is 15.1. The number of anilines is 1. The van der Waals surface area contributed by atoms with Crippen molar-refractivity contribution in [3.05, 3.63) is 34.3 Å². The second-order valence-corrected chi connectivity index (χ2v) is 5.72. The molecule has 0 bridgehead atoms. The number of carbonyl (C=O) groups is 1. The van der Waals surface area contributed by atoms with E-state index in [0.717, 1.165) is 47.9 Å². The number of hydrogen-bond donors (Lipinski definition) is 1. The van der Waals surface area contributed by atoms with Crippen molar-refractivity contribution in [3.8, 4) is 0 Å². The molecule has 5 heteroatoms. The van der Waals surface area contributed by atoms with Crippen molar-refractivity contribution in [3.63, 3.8) is 0 Å². The topological polar surface area (TPSA) is 49.8 Å². The zero-order chi connectivity index (χ0) is 14.5. The van der Waals surface area contributed by atoms with E-state index in [0.29, 0.717) is 0 Å². The Balaban J connectivity index is 2.18. The third kappa shape index (κ3) is 4.08. The van der Waals surface area contributed by atoms with Crippen LogP contribution in [0.2, 0.25) is 0 Å². The van der Waals surface area contributed by atoms with Gasteiger partial charge in [-0.15, -0.1) is 0 Å². The van der Waals surface area contributed by atoms with E-state index in [2.05, 4.69) is 27.8 Å². The van der Waals surface area contributed by atoms with Gasteiger partial charge in [0.15, 0.2) is 0 Å². The van der Waals surface area contributed by atoms with Crippen LogP contribution in [0.15, 0.2) is 28.7 Å². The van der Waals surface area contributed by atoms with Crippen molar-refractivity contribution in [1.29, 1.82) is 0 Å². The third-order valence-corrected chi connectivity index (χ3v) is 3.82. The van der Waals surface area contributed by atoms with Gasteiger partial charge in [0.2, 0.25) is 0 Å². The molecule has 1 unspecified atom stereocenters. The fourth-order valence-electron chi connectivity index (χ4n) is 2.26. The van der Waals surface area contributed by atoms with Crippen LogP contribution in [0.3, 0.4) is 0 Å². The molecule has 0 saturated carbocycles. The number of carboxylic acids is 1. The van der Waals surface area contributed by atoms with Crippen molar-refractivity contribution in [2.75, 3.05) is 24.6 Å². The molecule has 4 nitrogen and oxygen atoms in total. The van der Waals surface area contributed by atoms with E-state index in [9.17, 15) is 4.79 Å². The molecule has 2 rings (SSSR count). The van der Waals surface area contributed by atoms with Gasteiger partial charge < -0.3 is 14.7 Å². The van der Waals surface area contributed by atoms with Crippen LogP contribution in [0.4, 0.5) is 5.69 Å². The zero-order valence-electron chi connectivity index (χ0n) is 11.4. The molecule has 0 radical (unpaired) electrons. The fourth-order valence-corrected chi connectivity index (χ4v) is 2.91. The van der Waals surface area contributed by atoms with Gasteiger partial charge in [0.25, 0.3) is 0 Å². The Morgan fingerprint density at radius 2 is 2.35 bits per heavy atom. The molecular formula is C15H18BrNO3. The second-order valence-electron chi connectivity index (χ2n) is 4.86. The van der Waals surface area contributed by atoms with Crippen LogP contribution in [-0.2, 0) is 9.53 Å². The molecule has 0 amide bonds. The summed E-state index contributed by atoms with van der Waals surface area (Å²) in [5, 5.41) is 8.64. The van der Waals surface area contributed by atoms with E-state index in [1.54, 1.807) is 6.08 Å². The predicted octanol–water partition coefficient (Wildman–Crippen LogP) is 3.16. The maximum Gasteiger partial charge on any atom is 0.328 e. The molecule has 1 saturated heterocycles. The van der Waals surface area contributed by atoms with Gasteiger partial charge in [-0.3, -0.25) is 0 Å². The van der Waals surface area contributed by atoms with Gasteiger partial charge in [-0.2, -0.15) is 0 Å². The Hall–Kier alpha value is -1.33. The quantitative estimate of drug-likeness (QED) is 0.859. The van der Waals surface area contributed by atoms with E-state index in [1.165, 1.54) is 0 Å². The Morgan fingerprint density at radius 3 is 3.05 bits per heavy atom. The summed E-state index contributed by atoms with van der Waals surface area (Å²) < 4.78 is 6.62. The normalized spacial score (nSPS) is 20.1. The lowest BCUT2D eigenvalue weighted by molar-refractivity contribution is -0.131. The van der Waals surface area contributed by atoms with E-state index in [1.807, 2.05) is 18.2 Å². The average Bonchev–Trinajstić information content (AvgIpc) is 2.61. The number of hydrogen-bond acceptors (Lipinski definition) is 3. The minimum atomic E-state index is -0.941. The van der Waals surface area contributed by atoms with Gasteiger partial charge >= 0.3 is 5.97 Å². The average molecular weight is 340 g/mol.